The standard InChI is InChI=1S/C28H27ClN6O3/c1-34(2)28-31-16-22(25(33-28)21-9-4-5-10-23(21)29)27(38)35(3)17-24(36)19-7-6-8-20(15-19)32-26(37)18-11-13-30-14-12-18/h4-16,24,36H,17H2,1-3H3,(H,32,37). The van der Waals surface area contributed by atoms with Gasteiger partial charge in [0.2, 0.25) is 5.95 Å². The quantitative estimate of drug-likeness (QED) is 0.349. The number of rotatable bonds is 8. The minimum atomic E-state index is -1.01. The van der Waals surface area contributed by atoms with Gasteiger partial charge < -0.3 is 20.2 Å². The molecule has 2 N–H and O–H groups in total. The van der Waals surface area contributed by atoms with Gasteiger partial charge in [-0.3, -0.25) is 14.6 Å². The van der Waals surface area contributed by atoms with Crippen LogP contribution in [0.4, 0.5) is 11.6 Å². The van der Waals surface area contributed by atoms with E-state index in [1.807, 2.05) is 20.2 Å². The molecule has 0 saturated carbocycles. The number of likely N-dealkylation sites (N-methyl/N-ethyl adjacent to an activating group) is 1. The van der Waals surface area contributed by atoms with Gasteiger partial charge in [0.25, 0.3) is 11.8 Å². The largest absolute Gasteiger partial charge is 0.387 e. The fourth-order valence-electron chi connectivity index (χ4n) is 3.79. The Balaban J connectivity index is 1.53. The number of hydrogen-bond donors (Lipinski definition) is 2. The van der Waals surface area contributed by atoms with E-state index in [4.69, 9.17) is 11.6 Å². The zero-order chi connectivity index (χ0) is 27.2. The number of aromatic nitrogens is 3. The summed E-state index contributed by atoms with van der Waals surface area (Å²) in [5, 5.41) is 14.2. The highest BCUT2D eigenvalue weighted by molar-refractivity contribution is 6.33. The summed E-state index contributed by atoms with van der Waals surface area (Å²) in [5.74, 6) is -0.226. The van der Waals surface area contributed by atoms with Crippen LogP contribution >= 0.6 is 11.6 Å². The maximum Gasteiger partial charge on any atom is 0.257 e. The van der Waals surface area contributed by atoms with Crippen LogP contribution in [-0.2, 0) is 0 Å². The minimum absolute atomic E-state index is 0.00200. The van der Waals surface area contributed by atoms with Crippen LogP contribution < -0.4 is 10.2 Å². The van der Waals surface area contributed by atoms with Crippen LogP contribution in [0.25, 0.3) is 11.3 Å². The molecule has 0 radical (unpaired) electrons. The van der Waals surface area contributed by atoms with Crippen LogP contribution in [0.3, 0.4) is 0 Å². The van der Waals surface area contributed by atoms with Crippen molar-refractivity contribution in [2.24, 2.45) is 0 Å². The molecule has 2 heterocycles. The molecule has 9 nitrogen and oxygen atoms in total. The third-order valence-corrected chi connectivity index (χ3v) is 6.13. The van der Waals surface area contributed by atoms with Crippen molar-refractivity contribution in [3.8, 4) is 11.3 Å². The second kappa shape index (κ2) is 11.8. The Morgan fingerprint density at radius 1 is 1.03 bits per heavy atom. The predicted molar refractivity (Wildman–Crippen MR) is 147 cm³/mol. The number of halogens is 1. The fourth-order valence-corrected chi connectivity index (χ4v) is 4.01. The SMILES string of the molecule is CN(CC(O)c1cccc(NC(=O)c2ccncc2)c1)C(=O)c1cnc(N(C)C)nc1-c1ccccc1Cl. The Hall–Kier alpha value is -4.34. The Bertz CT molecular complexity index is 1450. The minimum Gasteiger partial charge on any atom is -0.387 e. The van der Waals surface area contributed by atoms with E-state index in [2.05, 4.69) is 20.3 Å². The summed E-state index contributed by atoms with van der Waals surface area (Å²) in [4.78, 5) is 41.9. The van der Waals surface area contributed by atoms with Gasteiger partial charge in [0, 0.05) is 61.6 Å². The van der Waals surface area contributed by atoms with E-state index in [1.54, 1.807) is 66.5 Å². The Labute approximate surface area is 225 Å². The molecule has 38 heavy (non-hydrogen) atoms. The number of amides is 2. The van der Waals surface area contributed by atoms with Crippen LogP contribution in [-0.4, -0.2) is 64.5 Å². The number of benzene rings is 2. The monoisotopic (exact) mass is 530 g/mol. The molecule has 0 aliphatic heterocycles. The summed E-state index contributed by atoms with van der Waals surface area (Å²) in [6.07, 6.45) is 3.55. The Morgan fingerprint density at radius 2 is 1.76 bits per heavy atom. The lowest BCUT2D eigenvalue weighted by Crippen LogP contribution is -2.32. The summed E-state index contributed by atoms with van der Waals surface area (Å²) < 4.78 is 0. The summed E-state index contributed by atoms with van der Waals surface area (Å²) in [6.45, 7) is -0.00200. The van der Waals surface area contributed by atoms with E-state index < -0.39 is 6.10 Å². The fraction of sp³-hybridized carbons (Fsp3) is 0.179. The van der Waals surface area contributed by atoms with Crippen molar-refractivity contribution in [1.82, 2.24) is 19.9 Å². The van der Waals surface area contributed by atoms with Crippen LogP contribution in [0.1, 0.15) is 32.4 Å². The summed E-state index contributed by atoms with van der Waals surface area (Å²) in [5.41, 5.74) is 2.80. The summed E-state index contributed by atoms with van der Waals surface area (Å²) in [7, 11) is 5.21. The second-order valence-electron chi connectivity index (χ2n) is 8.82. The summed E-state index contributed by atoms with van der Waals surface area (Å²) >= 11 is 6.43. The average molecular weight is 531 g/mol. The molecule has 0 saturated heterocycles. The third kappa shape index (κ3) is 6.13. The van der Waals surface area contributed by atoms with E-state index in [0.717, 1.165) is 0 Å². The van der Waals surface area contributed by atoms with E-state index in [1.165, 1.54) is 23.5 Å². The van der Waals surface area contributed by atoms with E-state index in [-0.39, 0.29) is 23.9 Å². The molecule has 0 aliphatic carbocycles. The molecule has 10 heteroatoms. The first-order valence-electron chi connectivity index (χ1n) is 11.8. The topological polar surface area (TPSA) is 112 Å². The molecule has 2 amide bonds. The number of nitrogens with zero attached hydrogens (tertiary/aromatic N) is 5. The van der Waals surface area contributed by atoms with Crippen molar-refractivity contribution >= 4 is 35.1 Å². The predicted octanol–water partition coefficient (Wildman–Crippen LogP) is 4.32. The van der Waals surface area contributed by atoms with Gasteiger partial charge in [-0.05, 0) is 35.9 Å². The first-order chi connectivity index (χ1) is 18.2. The van der Waals surface area contributed by atoms with Crippen LogP contribution in [0, 0.1) is 0 Å². The van der Waals surface area contributed by atoms with E-state index >= 15 is 0 Å². The van der Waals surface area contributed by atoms with Gasteiger partial charge in [-0.15, -0.1) is 0 Å². The molecule has 0 spiro atoms. The average Bonchev–Trinajstić information content (AvgIpc) is 2.93. The van der Waals surface area contributed by atoms with Gasteiger partial charge >= 0.3 is 0 Å². The lowest BCUT2D eigenvalue weighted by Gasteiger charge is -2.23. The lowest BCUT2D eigenvalue weighted by molar-refractivity contribution is 0.0681. The highest BCUT2D eigenvalue weighted by Crippen LogP contribution is 2.30. The molecule has 4 aromatic rings. The zero-order valence-corrected chi connectivity index (χ0v) is 21.9. The number of carbonyl (C=O) groups excluding carboxylic acids is 2. The first-order valence-corrected chi connectivity index (χ1v) is 12.2. The van der Waals surface area contributed by atoms with Crippen LogP contribution in [0.15, 0.2) is 79.3 Å². The van der Waals surface area contributed by atoms with Crippen LogP contribution in [0.5, 0.6) is 0 Å². The number of aliphatic hydroxyl groups is 1. The molecule has 4 rings (SSSR count). The molecule has 0 bridgehead atoms. The van der Waals surface area contributed by atoms with Crippen molar-refractivity contribution in [3.63, 3.8) is 0 Å². The van der Waals surface area contributed by atoms with Crippen molar-refractivity contribution in [2.45, 2.75) is 6.10 Å². The molecule has 0 fully saturated rings. The van der Waals surface area contributed by atoms with Gasteiger partial charge in [-0.2, -0.15) is 0 Å². The normalized spacial score (nSPS) is 11.5. The molecule has 1 unspecified atom stereocenters. The second-order valence-corrected chi connectivity index (χ2v) is 9.23. The molecular weight excluding hydrogens is 504 g/mol. The smallest absolute Gasteiger partial charge is 0.257 e. The zero-order valence-electron chi connectivity index (χ0n) is 21.2. The van der Waals surface area contributed by atoms with Gasteiger partial charge in [-0.25, -0.2) is 9.97 Å². The molecular formula is C28H27ClN6O3. The Morgan fingerprint density at radius 3 is 2.47 bits per heavy atom. The highest BCUT2D eigenvalue weighted by Gasteiger charge is 2.23. The van der Waals surface area contributed by atoms with E-state index in [0.29, 0.717) is 39.0 Å². The molecule has 2 aromatic carbocycles. The van der Waals surface area contributed by atoms with E-state index in [9.17, 15) is 14.7 Å². The van der Waals surface area contributed by atoms with Crippen molar-refractivity contribution in [1.29, 1.82) is 0 Å². The number of anilines is 2. The Kier molecular flexibility index (Phi) is 8.30. The molecule has 1 atom stereocenters. The third-order valence-electron chi connectivity index (χ3n) is 5.80. The number of carbonyl (C=O) groups is 2. The number of hydrogen-bond acceptors (Lipinski definition) is 7. The van der Waals surface area contributed by atoms with Crippen LogP contribution in [0.2, 0.25) is 5.02 Å². The number of nitrogens with one attached hydrogen (secondary N) is 1. The van der Waals surface area contributed by atoms with Gasteiger partial charge in [0.05, 0.1) is 23.9 Å². The molecule has 2 aromatic heterocycles. The number of pyridine rings is 1. The summed E-state index contributed by atoms with van der Waals surface area (Å²) in [6, 6.07) is 17.2. The maximum atomic E-state index is 13.5. The van der Waals surface area contributed by atoms with Gasteiger partial charge in [0.15, 0.2) is 0 Å². The van der Waals surface area contributed by atoms with Gasteiger partial charge in [-0.1, -0.05) is 41.9 Å². The first kappa shape index (κ1) is 26.7. The molecule has 194 valence electrons. The van der Waals surface area contributed by atoms with Crippen molar-refractivity contribution < 1.29 is 14.7 Å². The van der Waals surface area contributed by atoms with Gasteiger partial charge in [0.1, 0.15) is 0 Å². The maximum absolute atomic E-state index is 13.5. The molecule has 0 aliphatic rings. The number of aliphatic hydroxyl groups excluding tert-OH is 1. The van der Waals surface area contributed by atoms with Crippen molar-refractivity contribution in [2.75, 3.05) is 37.9 Å². The lowest BCUT2D eigenvalue weighted by atomic mass is 10.0. The van der Waals surface area contributed by atoms with Crippen molar-refractivity contribution in [3.05, 3.63) is 101 Å². The highest BCUT2D eigenvalue weighted by atomic mass is 35.5.